The number of hydrogen-bond acceptors (Lipinski definition) is 1. The van der Waals surface area contributed by atoms with E-state index in [1.54, 1.807) is 0 Å². The summed E-state index contributed by atoms with van der Waals surface area (Å²) in [7, 11) is 0. The number of likely N-dealkylation sites (N-methyl/N-ethyl adjacent to an activating group) is 1. The Labute approximate surface area is 191 Å². The van der Waals surface area contributed by atoms with Crippen LogP contribution in [0.5, 0.6) is 0 Å². The summed E-state index contributed by atoms with van der Waals surface area (Å²) in [5, 5.41) is 0. The third-order valence-electron chi connectivity index (χ3n) is 4.74. The molecule has 0 aromatic carbocycles. The Morgan fingerprint density at radius 2 is 0.972 bits per heavy atom. The second-order valence-electron chi connectivity index (χ2n) is 7.42. The maximum Gasteiger partial charge on any atom is 0.460 e. The molecule has 0 heterocycles. The van der Waals surface area contributed by atoms with Gasteiger partial charge in [-0.2, -0.15) is 74.6 Å². The van der Waals surface area contributed by atoms with Gasteiger partial charge in [0.15, 0.2) is 0 Å². The molecule has 0 saturated heterocycles. The summed E-state index contributed by atoms with van der Waals surface area (Å²) in [6, 6.07) is 0. The average molecular weight is 573 g/mol. The van der Waals surface area contributed by atoms with Crippen molar-refractivity contribution in [2.24, 2.45) is 0 Å². The Kier molecular flexibility index (Phi) is 9.18. The second-order valence-corrected chi connectivity index (χ2v) is 7.42. The third kappa shape index (κ3) is 5.06. The summed E-state index contributed by atoms with van der Waals surface area (Å²) in [5.74, 6) is -57.4. The second kappa shape index (κ2) is 9.72. The summed E-state index contributed by atoms with van der Waals surface area (Å²) in [5.41, 5.74) is -0.223. The van der Waals surface area contributed by atoms with Crippen molar-refractivity contribution in [2.45, 2.75) is 74.3 Å². The molecule has 0 aliphatic rings. The molecule has 0 aromatic rings. The molecular formula is C17H16F17NO. The van der Waals surface area contributed by atoms with E-state index in [2.05, 4.69) is 6.58 Å². The highest BCUT2D eigenvalue weighted by Gasteiger charge is 2.95. The van der Waals surface area contributed by atoms with E-state index in [4.69, 9.17) is 0 Å². The van der Waals surface area contributed by atoms with Crippen molar-refractivity contribution in [1.82, 2.24) is 4.90 Å². The molecule has 2 nitrogen and oxygen atoms in total. The number of alkyl halides is 17. The molecule has 0 unspecified atom stereocenters. The maximum absolute atomic E-state index is 13.8. The van der Waals surface area contributed by atoms with Gasteiger partial charge in [0.05, 0.1) is 0 Å². The van der Waals surface area contributed by atoms with Gasteiger partial charge in [-0.1, -0.05) is 6.58 Å². The van der Waals surface area contributed by atoms with Crippen LogP contribution in [0.3, 0.4) is 0 Å². The standard InChI is InChI=1S/C17H16F17NO/c1-4-35(9(36)8(2)3)7-5-6-10(18,19)11(20,21)12(22,23)13(24,25)14(26,27)15(28,29)16(30,31)17(32,33)34/h2,4-7H2,1,3H3. The first-order chi connectivity index (χ1) is 15.5. The number of carbonyl (C=O) groups excluding carboxylic acids is 1. The largest absolute Gasteiger partial charge is 0.460 e. The molecule has 0 atom stereocenters. The summed E-state index contributed by atoms with van der Waals surface area (Å²) >= 11 is 0. The van der Waals surface area contributed by atoms with Gasteiger partial charge < -0.3 is 4.90 Å². The SMILES string of the molecule is C=C(C)C(=O)N(CC)CCCC(F)(F)C(F)(F)C(F)(F)C(F)(F)C(F)(F)C(F)(F)C(F)(F)C(F)(F)F. The molecule has 0 spiro atoms. The van der Waals surface area contributed by atoms with Crippen molar-refractivity contribution < 1.29 is 79.4 Å². The van der Waals surface area contributed by atoms with Crippen molar-refractivity contribution in [3.05, 3.63) is 12.2 Å². The molecule has 0 radical (unpaired) electrons. The van der Waals surface area contributed by atoms with E-state index in [9.17, 15) is 79.4 Å². The van der Waals surface area contributed by atoms with Crippen LogP contribution in [-0.2, 0) is 4.79 Å². The van der Waals surface area contributed by atoms with E-state index in [-0.39, 0.29) is 12.1 Å². The molecule has 0 N–H and O–H groups in total. The molecule has 0 bridgehead atoms. The highest BCUT2D eigenvalue weighted by atomic mass is 19.4. The predicted octanol–water partition coefficient (Wildman–Crippen LogP) is 7.20. The lowest BCUT2D eigenvalue weighted by Gasteiger charge is -2.42. The quantitative estimate of drug-likeness (QED) is 0.179. The van der Waals surface area contributed by atoms with Crippen LogP contribution in [0.1, 0.15) is 26.7 Å². The first kappa shape index (κ1) is 34.0. The van der Waals surface area contributed by atoms with Crippen LogP contribution in [0.15, 0.2) is 12.2 Å². The lowest BCUT2D eigenvalue weighted by molar-refractivity contribution is -0.461. The Morgan fingerprint density at radius 1 is 0.639 bits per heavy atom. The maximum atomic E-state index is 13.8. The Morgan fingerprint density at radius 3 is 1.28 bits per heavy atom. The summed E-state index contributed by atoms with van der Waals surface area (Å²) in [4.78, 5) is 12.3. The molecule has 214 valence electrons. The summed E-state index contributed by atoms with van der Waals surface area (Å²) in [6.45, 7) is 4.22. The van der Waals surface area contributed by atoms with Gasteiger partial charge in [-0.25, -0.2) is 0 Å². The fourth-order valence-electron chi connectivity index (χ4n) is 2.52. The van der Waals surface area contributed by atoms with E-state index in [1.807, 2.05) is 0 Å². The smallest absolute Gasteiger partial charge is 0.339 e. The topological polar surface area (TPSA) is 20.3 Å². The summed E-state index contributed by atoms with van der Waals surface area (Å²) < 4.78 is 224. The molecule has 0 aromatic heterocycles. The lowest BCUT2D eigenvalue weighted by Crippen LogP contribution is -2.74. The van der Waals surface area contributed by atoms with Crippen LogP contribution in [0.4, 0.5) is 74.6 Å². The Balaban J connectivity index is 6.28. The van der Waals surface area contributed by atoms with Crippen LogP contribution in [-0.4, -0.2) is 71.5 Å². The van der Waals surface area contributed by atoms with E-state index in [1.165, 1.54) is 6.92 Å². The Bertz CT molecular complexity index is 814. The molecular weight excluding hydrogens is 557 g/mol. The van der Waals surface area contributed by atoms with E-state index < -0.39 is 72.9 Å². The number of hydrogen-bond donors (Lipinski definition) is 0. The normalized spacial score (nSPS) is 15.2. The number of rotatable bonds is 12. The van der Waals surface area contributed by atoms with Gasteiger partial charge in [-0.3, -0.25) is 4.79 Å². The number of nitrogens with zero attached hydrogens (tertiary/aromatic N) is 1. The summed E-state index contributed by atoms with van der Waals surface area (Å²) in [6.07, 6.45) is -11.8. The molecule has 19 heteroatoms. The molecule has 36 heavy (non-hydrogen) atoms. The van der Waals surface area contributed by atoms with Gasteiger partial charge in [-0.15, -0.1) is 0 Å². The van der Waals surface area contributed by atoms with Gasteiger partial charge in [0, 0.05) is 25.1 Å². The van der Waals surface area contributed by atoms with Gasteiger partial charge in [-0.05, 0) is 20.3 Å². The highest BCUT2D eigenvalue weighted by molar-refractivity contribution is 5.92. The van der Waals surface area contributed by atoms with Crippen LogP contribution in [0.2, 0.25) is 0 Å². The minimum absolute atomic E-state index is 0.223. The fourth-order valence-corrected chi connectivity index (χ4v) is 2.52. The molecule has 0 fully saturated rings. The van der Waals surface area contributed by atoms with E-state index in [0.717, 1.165) is 6.92 Å². The highest BCUT2D eigenvalue weighted by Crippen LogP contribution is 2.64. The van der Waals surface area contributed by atoms with Crippen LogP contribution < -0.4 is 0 Å². The van der Waals surface area contributed by atoms with Crippen LogP contribution in [0, 0.1) is 0 Å². The molecule has 1 amide bonds. The molecule has 0 aliphatic carbocycles. The lowest BCUT2D eigenvalue weighted by atomic mass is 9.88. The zero-order valence-corrected chi connectivity index (χ0v) is 17.8. The van der Waals surface area contributed by atoms with E-state index >= 15 is 0 Å². The minimum atomic E-state index is -8.64. The first-order valence-electron chi connectivity index (χ1n) is 9.19. The number of halogens is 17. The van der Waals surface area contributed by atoms with Crippen molar-refractivity contribution in [3.63, 3.8) is 0 Å². The van der Waals surface area contributed by atoms with Gasteiger partial charge in [0.25, 0.3) is 0 Å². The van der Waals surface area contributed by atoms with Crippen molar-refractivity contribution in [3.8, 4) is 0 Å². The zero-order chi connectivity index (χ0) is 29.6. The van der Waals surface area contributed by atoms with Crippen molar-refractivity contribution in [1.29, 1.82) is 0 Å². The van der Waals surface area contributed by atoms with Crippen LogP contribution >= 0.6 is 0 Å². The number of carbonyl (C=O) groups is 1. The molecule has 0 saturated carbocycles. The number of amides is 1. The predicted molar refractivity (Wildman–Crippen MR) is 87.0 cm³/mol. The average Bonchev–Trinajstić information content (AvgIpc) is 2.68. The van der Waals surface area contributed by atoms with Gasteiger partial charge >= 0.3 is 47.6 Å². The zero-order valence-electron chi connectivity index (χ0n) is 17.8. The molecule has 0 aliphatic heterocycles. The third-order valence-corrected chi connectivity index (χ3v) is 4.74. The van der Waals surface area contributed by atoms with Crippen LogP contribution in [0.25, 0.3) is 0 Å². The van der Waals surface area contributed by atoms with Crippen molar-refractivity contribution >= 4 is 5.91 Å². The van der Waals surface area contributed by atoms with E-state index in [0.29, 0.717) is 4.90 Å². The van der Waals surface area contributed by atoms with Gasteiger partial charge in [0.1, 0.15) is 0 Å². The monoisotopic (exact) mass is 573 g/mol. The fraction of sp³-hybridized carbons (Fsp3) is 0.824. The first-order valence-corrected chi connectivity index (χ1v) is 9.19. The Hall–Kier alpha value is -1.98. The van der Waals surface area contributed by atoms with Crippen molar-refractivity contribution in [2.75, 3.05) is 13.1 Å². The minimum Gasteiger partial charge on any atom is -0.339 e. The molecule has 0 rings (SSSR count). The van der Waals surface area contributed by atoms with Gasteiger partial charge in [0.2, 0.25) is 5.91 Å².